The van der Waals surface area contributed by atoms with Gasteiger partial charge in [-0.15, -0.1) is 0 Å². The van der Waals surface area contributed by atoms with Gasteiger partial charge in [-0.25, -0.2) is 9.59 Å². The zero-order valence-electron chi connectivity index (χ0n) is 12.8. The summed E-state index contributed by atoms with van der Waals surface area (Å²) in [4.78, 5) is 24.7. The Morgan fingerprint density at radius 2 is 1.76 bits per heavy atom. The van der Waals surface area contributed by atoms with Gasteiger partial charge in [0.1, 0.15) is 11.6 Å². The second-order valence-electron chi connectivity index (χ2n) is 5.87. The molecule has 1 amide bonds. The molecule has 1 saturated heterocycles. The molecule has 2 atom stereocenters. The van der Waals surface area contributed by atoms with E-state index < -0.39 is 35.7 Å². The topological polar surface area (TPSA) is 65.1 Å². The van der Waals surface area contributed by atoms with E-state index in [2.05, 4.69) is 9.47 Å². The number of methoxy groups -OCH3 is 2. The number of ether oxygens (including phenoxy) is 3. The lowest BCUT2D eigenvalue weighted by atomic mass is 10.0. The first-order chi connectivity index (χ1) is 9.51. The molecule has 0 unspecified atom stereocenters. The third-order valence-electron chi connectivity index (χ3n) is 3.15. The van der Waals surface area contributed by atoms with Gasteiger partial charge in [-0.1, -0.05) is 0 Å². The normalized spacial score (nSPS) is 23.1. The van der Waals surface area contributed by atoms with Crippen LogP contribution < -0.4 is 0 Å². The average Bonchev–Trinajstić information content (AvgIpc) is 2.81. The van der Waals surface area contributed by atoms with Gasteiger partial charge in [-0.05, 0) is 27.2 Å². The molecule has 0 aliphatic carbocycles. The largest absolute Gasteiger partial charge is 0.467 e. The van der Waals surface area contributed by atoms with Crippen molar-refractivity contribution in [2.75, 3.05) is 20.8 Å². The van der Waals surface area contributed by atoms with Crippen molar-refractivity contribution in [2.24, 2.45) is 5.92 Å². The Morgan fingerprint density at radius 1 is 1.19 bits per heavy atom. The Bertz CT molecular complexity index is 408. The van der Waals surface area contributed by atoms with Crippen molar-refractivity contribution in [2.45, 2.75) is 44.9 Å². The van der Waals surface area contributed by atoms with Crippen molar-refractivity contribution < 1.29 is 32.6 Å². The zero-order valence-corrected chi connectivity index (χ0v) is 12.8. The van der Waals surface area contributed by atoms with E-state index in [9.17, 15) is 18.4 Å². The quantitative estimate of drug-likeness (QED) is 0.746. The van der Waals surface area contributed by atoms with Crippen molar-refractivity contribution >= 4 is 12.1 Å². The van der Waals surface area contributed by atoms with Gasteiger partial charge in [0.25, 0.3) is 0 Å². The number of carbonyl (C=O) groups is 2. The Kier molecular flexibility index (Phi) is 5.14. The lowest BCUT2D eigenvalue weighted by Gasteiger charge is -2.27. The maximum atomic E-state index is 13.6. The number of hydrogen-bond donors (Lipinski definition) is 0. The first-order valence-corrected chi connectivity index (χ1v) is 6.52. The van der Waals surface area contributed by atoms with Gasteiger partial charge < -0.3 is 14.2 Å². The number of nitrogens with zero attached hydrogens (tertiary/aromatic N) is 1. The minimum absolute atomic E-state index is 0.243. The van der Waals surface area contributed by atoms with E-state index >= 15 is 0 Å². The first-order valence-electron chi connectivity index (χ1n) is 6.52. The van der Waals surface area contributed by atoms with E-state index in [4.69, 9.17) is 4.74 Å². The Hall–Kier alpha value is -1.44. The number of likely N-dealkylation sites (tertiary alicyclic amines) is 1. The van der Waals surface area contributed by atoms with Crippen LogP contribution in [0.15, 0.2) is 0 Å². The van der Waals surface area contributed by atoms with Crippen molar-refractivity contribution in [3.8, 4) is 0 Å². The molecule has 21 heavy (non-hydrogen) atoms. The maximum absolute atomic E-state index is 13.6. The van der Waals surface area contributed by atoms with E-state index in [1.165, 1.54) is 0 Å². The molecular weight excluding hydrogens is 288 g/mol. The van der Waals surface area contributed by atoms with Crippen LogP contribution in [0.4, 0.5) is 13.6 Å². The Morgan fingerprint density at radius 3 is 2.19 bits per heavy atom. The molecule has 0 spiro atoms. The summed E-state index contributed by atoms with van der Waals surface area (Å²) in [7, 11) is 2.01. The average molecular weight is 309 g/mol. The number of alkyl halides is 2. The van der Waals surface area contributed by atoms with Crippen LogP contribution in [0.5, 0.6) is 0 Å². The van der Waals surface area contributed by atoms with E-state index in [1.807, 2.05) is 0 Å². The number of hydrogen-bond acceptors (Lipinski definition) is 5. The number of halogens is 2. The SMILES string of the molecule is COC(=O)[C@@H]1C[C@H](C(F)(F)OC)CN1C(=O)OC(C)(C)C. The lowest BCUT2D eigenvalue weighted by Crippen LogP contribution is -2.44. The first kappa shape index (κ1) is 17.6. The Labute approximate surface area is 122 Å². The number of rotatable bonds is 3. The fourth-order valence-electron chi connectivity index (χ4n) is 2.13. The monoisotopic (exact) mass is 309 g/mol. The highest BCUT2D eigenvalue weighted by Gasteiger charge is 2.52. The Balaban J connectivity index is 2.93. The molecule has 0 aromatic heterocycles. The summed E-state index contributed by atoms with van der Waals surface area (Å²) in [6, 6.07) is -1.10. The minimum Gasteiger partial charge on any atom is -0.467 e. The van der Waals surface area contributed by atoms with Gasteiger partial charge in [0, 0.05) is 13.7 Å². The van der Waals surface area contributed by atoms with Crippen molar-refractivity contribution in [3.63, 3.8) is 0 Å². The molecule has 6 nitrogen and oxygen atoms in total. The van der Waals surface area contributed by atoms with Gasteiger partial charge >= 0.3 is 18.2 Å². The molecule has 8 heteroatoms. The van der Waals surface area contributed by atoms with E-state index in [0.717, 1.165) is 19.1 Å². The van der Waals surface area contributed by atoms with Gasteiger partial charge in [-0.2, -0.15) is 8.78 Å². The van der Waals surface area contributed by atoms with Crippen LogP contribution in [0.3, 0.4) is 0 Å². The standard InChI is InChI=1S/C13H21F2NO5/c1-12(2,3)21-11(18)16-7-8(13(14,15)20-5)6-9(16)10(17)19-4/h8-9H,6-7H2,1-5H3/t8-,9-/m0/s1. The lowest BCUT2D eigenvalue weighted by molar-refractivity contribution is -0.253. The van der Waals surface area contributed by atoms with Crippen LogP contribution in [-0.2, 0) is 19.0 Å². The van der Waals surface area contributed by atoms with Gasteiger partial charge in [0.05, 0.1) is 13.0 Å². The van der Waals surface area contributed by atoms with E-state index in [0.29, 0.717) is 0 Å². The molecule has 1 fully saturated rings. The van der Waals surface area contributed by atoms with Gasteiger partial charge in [0.2, 0.25) is 0 Å². The predicted octanol–water partition coefficient (Wildman–Crippen LogP) is 2.02. The van der Waals surface area contributed by atoms with E-state index in [1.54, 1.807) is 20.8 Å². The molecule has 0 aromatic carbocycles. The van der Waals surface area contributed by atoms with Crippen LogP contribution in [0.25, 0.3) is 0 Å². The summed E-state index contributed by atoms with van der Waals surface area (Å²) in [6.07, 6.45) is -4.50. The predicted molar refractivity (Wildman–Crippen MR) is 68.8 cm³/mol. The molecule has 0 aromatic rings. The van der Waals surface area contributed by atoms with Crippen LogP contribution >= 0.6 is 0 Å². The number of amides is 1. The molecular formula is C13H21F2NO5. The third-order valence-corrected chi connectivity index (χ3v) is 3.15. The summed E-state index contributed by atoms with van der Waals surface area (Å²) in [6.45, 7) is 4.61. The van der Waals surface area contributed by atoms with Crippen molar-refractivity contribution in [1.82, 2.24) is 4.90 Å². The van der Waals surface area contributed by atoms with E-state index in [-0.39, 0.29) is 13.0 Å². The molecule has 0 bridgehead atoms. The van der Waals surface area contributed by atoms with Gasteiger partial charge in [0.15, 0.2) is 0 Å². The third kappa shape index (κ3) is 4.26. The molecule has 1 heterocycles. The summed E-state index contributed by atoms with van der Waals surface area (Å²) in [5.74, 6) is -2.05. The molecule has 1 aliphatic heterocycles. The maximum Gasteiger partial charge on any atom is 0.411 e. The highest BCUT2D eigenvalue weighted by atomic mass is 19.3. The van der Waals surface area contributed by atoms with Crippen molar-refractivity contribution in [1.29, 1.82) is 0 Å². The second kappa shape index (κ2) is 6.13. The summed E-state index contributed by atoms with van der Waals surface area (Å²) in [5, 5.41) is 0. The van der Waals surface area contributed by atoms with Gasteiger partial charge in [-0.3, -0.25) is 4.90 Å². The summed E-state index contributed by atoms with van der Waals surface area (Å²) >= 11 is 0. The highest BCUT2D eigenvalue weighted by Crippen LogP contribution is 2.37. The summed E-state index contributed by atoms with van der Waals surface area (Å²) in [5.41, 5.74) is -0.792. The molecule has 1 aliphatic rings. The molecule has 0 N–H and O–H groups in total. The van der Waals surface area contributed by atoms with Crippen LogP contribution in [-0.4, -0.2) is 55.5 Å². The molecule has 0 saturated carbocycles. The van der Waals surface area contributed by atoms with Crippen LogP contribution in [0.2, 0.25) is 0 Å². The fourth-order valence-corrected chi connectivity index (χ4v) is 2.13. The number of carbonyl (C=O) groups excluding carboxylic acids is 2. The smallest absolute Gasteiger partial charge is 0.411 e. The minimum atomic E-state index is -3.43. The van der Waals surface area contributed by atoms with Crippen molar-refractivity contribution in [3.05, 3.63) is 0 Å². The van der Waals surface area contributed by atoms with Crippen LogP contribution in [0, 0.1) is 5.92 Å². The fraction of sp³-hybridized carbons (Fsp3) is 0.846. The zero-order chi connectivity index (χ0) is 16.4. The second-order valence-corrected chi connectivity index (χ2v) is 5.87. The highest BCUT2D eigenvalue weighted by molar-refractivity contribution is 5.82. The number of esters is 1. The molecule has 0 radical (unpaired) electrons. The molecule has 1 rings (SSSR count). The van der Waals surface area contributed by atoms with Crippen LogP contribution in [0.1, 0.15) is 27.2 Å². The molecule has 122 valence electrons. The summed E-state index contributed by atoms with van der Waals surface area (Å²) < 4.78 is 41.1.